The molecule has 0 fully saturated rings. The van der Waals surface area contributed by atoms with Gasteiger partial charge in [-0.3, -0.25) is 5.84 Å². The van der Waals surface area contributed by atoms with E-state index in [0.29, 0.717) is 23.6 Å². The van der Waals surface area contributed by atoms with E-state index >= 15 is 0 Å². The molecule has 8 N–H and O–H groups in total. The first-order chi connectivity index (χ1) is 9.52. The van der Waals surface area contributed by atoms with Crippen LogP contribution in [0.5, 0.6) is 0 Å². The first-order valence-electron chi connectivity index (χ1n) is 5.69. The predicted molar refractivity (Wildman–Crippen MR) is 72.3 cm³/mol. The second-order valence-electron chi connectivity index (χ2n) is 4.07. The Labute approximate surface area is 114 Å². The Kier molecular flexibility index (Phi) is 3.77. The monoisotopic (exact) mass is 277 g/mol. The van der Waals surface area contributed by atoms with Crippen molar-refractivity contribution in [1.82, 2.24) is 10.7 Å². The Bertz CT molecular complexity index is 667. The SMILES string of the molecule is NNC1=C(N)NCC(C#Cc2c(F)ccc(N)c2F)=C1. The van der Waals surface area contributed by atoms with Gasteiger partial charge >= 0.3 is 0 Å². The number of hydrogen-bond acceptors (Lipinski definition) is 5. The van der Waals surface area contributed by atoms with Gasteiger partial charge in [0.2, 0.25) is 0 Å². The topological polar surface area (TPSA) is 102 Å². The molecule has 1 heterocycles. The molecule has 0 radical (unpaired) electrons. The summed E-state index contributed by atoms with van der Waals surface area (Å²) in [5.74, 6) is 9.11. The zero-order valence-electron chi connectivity index (χ0n) is 10.4. The quantitative estimate of drug-likeness (QED) is 0.215. The van der Waals surface area contributed by atoms with Crippen LogP contribution < -0.4 is 28.1 Å². The zero-order valence-corrected chi connectivity index (χ0v) is 10.4. The summed E-state index contributed by atoms with van der Waals surface area (Å²) in [7, 11) is 0. The molecule has 2 rings (SSSR count). The number of hydrazine groups is 1. The average Bonchev–Trinajstić information content (AvgIpc) is 2.44. The third kappa shape index (κ3) is 2.65. The number of nitrogens with one attached hydrogen (secondary N) is 2. The Morgan fingerprint density at radius 2 is 1.95 bits per heavy atom. The molecular weight excluding hydrogens is 264 g/mol. The first-order valence-corrected chi connectivity index (χ1v) is 5.69. The number of hydrogen-bond donors (Lipinski definition) is 5. The zero-order chi connectivity index (χ0) is 14.7. The van der Waals surface area contributed by atoms with Gasteiger partial charge in [0.05, 0.1) is 16.9 Å². The van der Waals surface area contributed by atoms with Crippen molar-refractivity contribution in [3.63, 3.8) is 0 Å². The molecule has 0 atom stereocenters. The van der Waals surface area contributed by atoms with Gasteiger partial charge in [-0.15, -0.1) is 0 Å². The average molecular weight is 277 g/mol. The van der Waals surface area contributed by atoms with Crippen LogP contribution in [0, 0.1) is 23.5 Å². The van der Waals surface area contributed by atoms with Gasteiger partial charge in [-0.1, -0.05) is 11.8 Å². The number of anilines is 1. The highest BCUT2D eigenvalue weighted by Gasteiger charge is 2.11. The van der Waals surface area contributed by atoms with E-state index in [1.165, 1.54) is 0 Å². The smallest absolute Gasteiger partial charge is 0.164 e. The van der Waals surface area contributed by atoms with Crippen LogP contribution in [0.3, 0.4) is 0 Å². The molecule has 1 aromatic carbocycles. The molecule has 0 amide bonds. The summed E-state index contributed by atoms with van der Waals surface area (Å²) in [5, 5.41) is 2.84. The molecule has 104 valence electrons. The van der Waals surface area contributed by atoms with Gasteiger partial charge in [0.25, 0.3) is 0 Å². The number of nitrogen functional groups attached to an aromatic ring is 1. The van der Waals surface area contributed by atoms with Gasteiger partial charge in [0.1, 0.15) is 11.6 Å². The van der Waals surface area contributed by atoms with Gasteiger partial charge < -0.3 is 22.2 Å². The number of nitrogens with two attached hydrogens (primary N) is 3. The number of benzene rings is 1. The van der Waals surface area contributed by atoms with Crippen molar-refractivity contribution in [2.24, 2.45) is 11.6 Å². The number of halogens is 2. The molecule has 20 heavy (non-hydrogen) atoms. The highest BCUT2D eigenvalue weighted by Crippen LogP contribution is 2.17. The van der Waals surface area contributed by atoms with Gasteiger partial charge in [-0.25, -0.2) is 8.78 Å². The van der Waals surface area contributed by atoms with Crippen molar-refractivity contribution in [3.05, 3.63) is 52.5 Å². The van der Waals surface area contributed by atoms with Crippen LogP contribution in [0.1, 0.15) is 5.56 Å². The molecule has 0 spiro atoms. The van der Waals surface area contributed by atoms with Gasteiger partial charge in [0.15, 0.2) is 5.82 Å². The number of rotatable bonds is 1. The fraction of sp³-hybridized carbons (Fsp3) is 0.0769. The summed E-state index contributed by atoms with van der Waals surface area (Å²) in [5.41, 5.74) is 13.9. The van der Waals surface area contributed by atoms with Gasteiger partial charge in [-0.05, 0) is 18.2 Å². The summed E-state index contributed by atoms with van der Waals surface area (Å²) in [6.07, 6.45) is 1.60. The highest BCUT2D eigenvalue weighted by atomic mass is 19.1. The Hall–Kier alpha value is -2.72. The van der Waals surface area contributed by atoms with Crippen molar-refractivity contribution >= 4 is 5.69 Å². The Morgan fingerprint density at radius 1 is 1.20 bits per heavy atom. The lowest BCUT2D eigenvalue weighted by atomic mass is 10.1. The van der Waals surface area contributed by atoms with Gasteiger partial charge in [0, 0.05) is 12.1 Å². The normalized spacial score (nSPS) is 14.1. The van der Waals surface area contributed by atoms with E-state index in [4.69, 9.17) is 17.3 Å². The second kappa shape index (κ2) is 5.50. The van der Waals surface area contributed by atoms with Crippen LogP contribution >= 0.6 is 0 Å². The van der Waals surface area contributed by atoms with E-state index in [1.54, 1.807) is 6.08 Å². The van der Waals surface area contributed by atoms with Crippen molar-refractivity contribution in [1.29, 1.82) is 0 Å². The largest absolute Gasteiger partial charge is 0.396 e. The van der Waals surface area contributed by atoms with Crippen LogP contribution in [0.25, 0.3) is 0 Å². The Morgan fingerprint density at radius 3 is 2.65 bits per heavy atom. The van der Waals surface area contributed by atoms with E-state index in [2.05, 4.69) is 22.6 Å². The molecule has 5 nitrogen and oxygen atoms in total. The predicted octanol–water partition coefficient (Wildman–Crippen LogP) is 0.0192. The molecule has 0 bridgehead atoms. The maximum absolute atomic E-state index is 13.7. The lowest BCUT2D eigenvalue weighted by molar-refractivity contribution is 0.580. The fourth-order valence-electron chi connectivity index (χ4n) is 1.61. The standard InChI is InChI=1S/C13H13F2N5/c14-9-3-4-10(16)12(15)8(9)2-1-7-5-11(20-18)13(17)19-6-7/h3-5,19-20H,6,16-18H2. The van der Waals surface area contributed by atoms with Gasteiger partial charge in [-0.2, -0.15) is 0 Å². The van der Waals surface area contributed by atoms with Crippen LogP contribution in [-0.4, -0.2) is 6.54 Å². The molecule has 0 saturated carbocycles. The lowest BCUT2D eigenvalue weighted by Gasteiger charge is -2.16. The molecular formula is C13H13F2N5. The van der Waals surface area contributed by atoms with E-state index < -0.39 is 11.6 Å². The van der Waals surface area contributed by atoms with Crippen LogP contribution in [-0.2, 0) is 0 Å². The van der Waals surface area contributed by atoms with Crippen molar-refractivity contribution in [2.45, 2.75) is 0 Å². The van der Waals surface area contributed by atoms with Crippen LogP contribution in [0.2, 0.25) is 0 Å². The number of dihydropyridines is 1. The lowest BCUT2D eigenvalue weighted by Crippen LogP contribution is -2.34. The fourth-order valence-corrected chi connectivity index (χ4v) is 1.61. The molecule has 1 aliphatic rings. The molecule has 0 aliphatic carbocycles. The molecule has 7 heteroatoms. The Balaban J connectivity index is 2.36. The third-order valence-electron chi connectivity index (χ3n) is 2.70. The van der Waals surface area contributed by atoms with Crippen LogP contribution in [0.4, 0.5) is 14.5 Å². The maximum Gasteiger partial charge on any atom is 0.164 e. The molecule has 1 aromatic rings. The summed E-state index contributed by atoms with van der Waals surface area (Å²) < 4.78 is 27.2. The van der Waals surface area contributed by atoms with E-state index in [9.17, 15) is 8.78 Å². The minimum absolute atomic E-state index is 0.153. The molecule has 0 aromatic heterocycles. The maximum atomic E-state index is 13.7. The summed E-state index contributed by atoms with van der Waals surface area (Å²) >= 11 is 0. The minimum Gasteiger partial charge on any atom is -0.396 e. The summed E-state index contributed by atoms with van der Waals surface area (Å²) in [6, 6.07) is 2.22. The first kappa shape index (κ1) is 13.7. The molecule has 1 aliphatic heterocycles. The van der Waals surface area contributed by atoms with Crippen molar-refractivity contribution in [2.75, 3.05) is 12.3 Å². The highest BCUT2D eigenvalue weighted by molar-refractivity contribution is 5.52. The van der Waals surface area contributed by atoms with E-state index in [-0.39, 0.29) is 11.3 Å². The summed E-state index contributed by atoms with van der Waals surface area (Å²) in [4.78, 5) is 0. The second-order valence-corrected chi connectivity index (χ2v) is 4.07. The minimum atomic E-state index is -0.867. The van der Waals surface area contributed by atoms with Crippen molar-refractivity contribution in [3.8, 4) is 11.8 Å². The third-order valence-corrected chi connectivity index (χ3v) is 2.70. The molecule has 0 unspecified atom stereocenters. The van der Waals surface area contributed by atoms with E-state index in [1.807, 2.05) is 0 Å². The number of allylic oxidation sites excluding steroid dienone is 1. The molecule has 0 saturated heterocycles. The van der Waals surface area contributed by atoms with Crippen molar-refractivity contribution < 1.29 is 8.78 Å². The van der Waals surface area contributed by atoms with E-state index in [0.717, 1.165) is 12.1 Å². The summed E-state index contributed by atoms with van der Waals surface area (Å²) in [6.45, 7) is 0.343. The van der Waals surface area contributed by atoms with Crippen LogP contribution in [0.15, 0.2) is 35.3 Å².